The van der Waals surface area contributed by atoms with E-state index in [2.05, 4.69) is 50.4 Å². The molecule has 0 saturated heterocycles. The molecule has 3 heteroatoms. The lowest BCUT2D eigenvalue weighted by molar-refractivity contribution is 1.53. The lowest BCUT2D eigenvalue weighted by atomic mass is 10.2. The molecule has 0 amide bonds. The van der Waals surface area contributed by atoms with Crippen molar-refractivity contribution in [3.8, 4) is 17.9 Å². The molecule has 12 heavy (non-hydrogen) atoms. The van der Waals surface area contributed by atoms with E-state index in [-0.39, 0.29) is 0 Å². The highest BCUT2D eigenvalue weighted by atomic mass is 127. The first-order valence-electron chi connectivity index (χ1n) is 3.09. The average Bonchev–Trinajstić information content (AvgIpc) is 2.07. The molecule has 0 heterocycles. The molecule has 0 N–H and O–H groups in total. The van der Waals surface area contributed by atoms with Crippen LogP contribution in [0.2, 0.25) is 0 Å². The molecule has 58 valence electrons. The first kappa shape index (κ1) is 9.57. The lowest BCUT2D eigenvalue weighted by Gasteiger charge is -1.95. The Morgan fingerprint density at radius 3 is 2.83 bits per heavy atom. The molecular weight excluding hydrogens is 329 g/mol. The molecule has 0 aliphatic carbocycles. The molecule has 1 aromatic carbocycles. The smallest absolute Gasteiger partial charge is 0.152 e. The van der Waals surface area contributed by atoms with Crippen LogP contribution >= 0.6 is 38.5 Å². The van der Waals surface area contributed by atoms with Crippen molar-refractivity contribution in [2.75, 3.05) is 0 Å². The minimum absolute atomic E-state index is 0.850. The maximum atomic E-state index is 8.25. The quantitative estimate of drug-likeness (QED) is 0.529. The molecule has 1 nitrogen and oxygen atoms in total. The van der Waals surface area contributed by atoms with Gasteiger partial charge in [-0.2, -0.15) is 5.26 Å². The van der Waals surface area contributed by atoms with Crippen molar-refractivity contribution in [2.24, 2.45) is 0 Å². The fraction of sp³-hybridized carbons (Fsp3) is 0. The van der Waals surface area contributed by atoms with Gasteiger partial charge in [0.15, 0.2) is 6.07 Å². The van der Waals surface area contributed by atoms with Gasteiger partial charge in [-0.1, -0.05) is 0 Å². The molecular formula is C9H3BrIN. The zero-order valence-electron chi connectivity index (χ0n) is 5.94. The fourth-order valence-electron chi connectivity index (χ4n) is 0.689. The van der Waals surface area contributed by atoms with Gasteiger partial charge in [0, 0.05) is 19.5 Å². The van der Waals surface area contributed by atoms with Crippen molar-refractivity contribution >= 4 is 38.5 Å². The Bertz CT molecular complexity index is 395. The molecule has 0 saturated carbocycles. The van der Waals surface area contributed by atoms with E-state index in [4.69, 9.17) is 5.26 Å². The predicted octanol–water partition coefficient (Wildman–Crippen LogP) is 2.93. The fourth-order valence-corrected chi connectivity index (χ4v) is 1.53. The van der Waals surface area contributed by atoms with Crippen LogP contribution in [-0.4, -0.2) is 0 Å². The van der Waals surface area contributed by atoms with Gasteiger partial charge < -0.3 is 0 Å². The van der Waals surface area contributed by atoms with E-state index in [9.17, 15) is 0 Å². The van der Waals surface area contributed by atoms with Gasteiger partial charge >= 0.3 is 0 Å². The van der Waals surface area contributed by atoms with Crippen LogP contribution in [0.15, 0.2) is 22.7 Å². The topological polar surface area (TPSA) is 23.8 Å². The van der Waals surface area contributed by atoms with Crippen LogP contribution < -0.4 is 0 Å². The van der Waals surface area contributed by atoms with Gasteiger partial charge in [-0.25, -0.2) is 0 Å². The molecule has 0 radical (unpaired) electrons. The summed E-state index contributed by atoms with van der Waals surface area (Å²) in [5.41, 5.74) is 0.850. The summed E-state index contributed by atoms with van der Waals surface area (Å²) in [4.78, 5) is 0. The molecule has 0 fully saturated rings. The van der Waals surface area contributed by atoms with Crippen molar-refractivity contribution in [2.45, 2.75) is 0 Å². The van der Waals surface area contributed by atoms with Crippen molar-refractivity contribution < 1.29 is 0 Å². The van der Waals surface area contributed by atoms with E-state index in [1.165, 1.54) is 0 Å². The minimum Gasteiger partial charge on any atom is -0.183 e. The highest BCUT2D eigenvalue weighted by Crippen LogP contribution is 2.18. The Kier molecular flexibility index (Phi) is 3.58. The number of hydrogen-bond acceptors (Lipinski definition) is 1. The number of nitriles is 1. The number of benzene rings is 1. The summed E-state index contributed by atoms with van der Waals surface area (Å²) in [6.45, 7) is 0. The lowest BCUT2D eigenvalue weighted by Crippen LogP contribution is -1.78. The second-order valence-corrected chi connectivity index (χ2v) is 4.09. The molecule has 0 unspecified atom stereocenters. The summed E-state index contributed by atoms with van der Waals surface area (Å²) in [7, 11) is 0. The summed E-state index contributed by atoms with van der Waals surface area (Å²) in [5.74, 6) is 5.10. The summed E-state index contributed by atoms with van der Waals surface area (Å²) >= 11 is 5.55. The van der Waals surface area contributed by atoms with Crippen molar-refractivity contribution in [3.05, 3.63) is 31.8 Å². The molecule has 0 aliphatic heterocycles. The summed E-state index contributed by atoms with van der Waals surface area (Å²) < 4.78 is 2.03. The first-order chi connectivity index (χ1) is 5.74. The van der Waals surface area contributed by atoms with Gasteiger partial charge in [0.2, 0.25) is 0 Å². The van der Waals surface area contributed by atoms with E-state index in [0.29, 0.717) is 0 Å². The average molecular weight is 332 g/mol. The highest BCUT2D eigenvalue weighted by molar-refractivity contribution is 14.1. The molecule has 0 bridgehead atoms. The van der Waals surface area contributed by atoms with E-state index in [0.717, 1.165) is 13.6 Å². The Hall–Kier alpha value is -0.520. The van der Waals surface area contributed by atoms with Crippen LogP contribution in [0.3, 0.4) is 0 Å². The molecule has 0 atom stereocenters. The molecule has 1 rings (SSSR count). The first-order valence-corrected chi connectivity index (χ1v) is 4.96. The second-order valence-electron chi connectivity index (χ2n) is 1.99. The van der Waals surface area contributed by atoms with Gasteiger partial charge in [-0.05, 0) is 62.6 Å². The van der Waals surface area contributed by atoms with Gasteiger partial charge in [0.05, 0.1) is 0 Å². The number of halogens is 2. The van der Waals surface area contributed by atoms with Crippen LogP contribution in [0.1, 0.15) is 5.56 Å². The monoisotopic (exact) mass is 331 g/mol. The Morgan fingerprint density at radius 1 is 1.42 bits per heavy atom. The maximum Gasteiger partial charge on any atom is 0.152 e. The molecule has 0 aliphatic rings. The third-order valence-corrected chi connectivity index (χ3v) is 2.54. The zero-order chi connectivity index (χ0) is 8.97. The van der Waals surface area contributed by atoms with Crippen molar-refractivity contribution in [1.82, 2.24) is 0 Å². The minimum atomic E-state index is 0.850. The third-order valence-electron chi connectivity index (χ3n) is 1.18. The summed E-state index contributed by atoms with van der Waals surface area (Å²) in [6.07, 6.45) is 0. The molecule has 0 aromatic heterocycles. The van der Waals surface area contributed by atoms with Crippen LogP contribution in [-0.2, 0) is 0 Å². The van der Waals surface area contributed by atoms with Crippen LogP contribution in [0.4, 0.5) is 0 Å². The Balaban J connectivity index is 3.16. The van der Waals surface area contributed by atoms with Gasteiger partial charge in [-0.3, -0.25) is 0 Å². The van der Waals surface area contributed by atoms with Crippen LogP contribution in [0.5, 0.6) is 0 Å². The normalized spacial score (nSPS) is 8.08. The Morgan fingerprint density at radius 2 is 2.17 bits per heavy atom. The molecule has 1 aromatic rings. The largest absolute Gasteiger partial charge is 0.183 e. The van der Waals surface area contributed by atoms with Gasteiger partial charge in [0.25, 0.3) is 0 Å². The number of rotatable bonds is 0. The van der Waals surface area contributed by atoms with E-state index in [1.807, 2.05) is 18.2 Å². The third kappa shape index (κ3) is 2.51. The number of nitrogens with zero attached hydrogens (tertiary/aromatic N) is 1. The van der Waals surface area contributed by atoms with E-state index >= 15 is 0 Å². The Labute approximate surface area is 93.0 Å². The van der Waals surface area contributed by atoms with Crippen molar-refractivity contribution in [1.29, 1.82) is 5.26 Å². The zero-order valence-corrected chi connectivity index (χ0v) is 9.68. The van der Waals surface area contributed by atoms with Crippen LogP contribution in [0, 0.1) is 26.7 Å². The SMILES string of the molecule is N#CC#Cc1cc(I)ccc1Br. The van der Waals surface area contributed by atoms with Gasteiger partial charge in [-0.15, -0.1) is 0 Å². The summed E-state index contributed by atoms with van der Waals surface area (Å²) in [5, 5.41) is 8.25. The van der Waals surface area contributed by atoms with Crippen molar-refractivity contribution in [3.63, 3.8) is 0 Å². The molecule has 0 spiro atoms. The maximum absolute atomic E-state index is 8.25. The predicted molar refractivity (Wildman–Crippen MR) is 59.4 cm³/mol. The van der Waals surface area contributed by atoms with E-state index in [1.54, 1.807) is 6.07 Å². The van der Waals surface area contributed by atoms with E-state index < -0.39 is 0 Å². The van der Waals surface area contributed by atoms with Gasteiger partial charge in [0.1, 0.15) is 0 Å². The second kappa shape index (κ2) is 4.49. The summed E-state index contributed by atoms with van der Waals surface area (Å²) in [6, 6.07) is 7.60. The standard InChI is InChI=1S/C9H3BrIN/c10-9-4-3-8(11)6-7(9)2-1-5-12/h3-4,6H. The number of hydrogen-bond donors (Lipinski definition) is 0. The van der Waals surface area contributed by atoms with Crippen LogP contribution in [0.25, 0.3) is 0 Å². The highest BCUT2D eigenvalue weighted by Gasteiger charge is 1.95.